The van der Waals surface area contributed by atoms with Crippen LogP contribution in [0.25, 0.3) is 16.6 Å². The first kappa shape index (κ1) is 17.5. The monoisotopic (exact) mass is 350 g/mol. The van der Waals surface area contributed by atoms with E-state index in [0.717, 1.165) is 16.6 Å². The van der Waals surface area contributed by atoms with Crippen molar-refractivity contribution in [3.05, 3.63) is 59.8 Å². The lowest BCUT2D eigenvalue weighted by atomic mass is 10.1. The second-order valence-corrected chi connectivity index (χ2v) is 5.49. The Labute approximate surface area is 151 Å². The smallest absolute Gasteiger partial charge is 0.341 e. The number of hydrogen-bond acceptors (Lipinski definition) is 5. The van der Waals surface area contributed by atoms with Gasteiger partial charge in [-0.2, -0.15) is 5.26 Å². The lowest BCUT2D eigenvalue weighted by Gasteiger charge is -2.13. The summed E-state index contributed by atoms with van der Waals surface area (Å²) in [5.74, 6) is -0.0979. The van der Waals surface area contributed by atoms with Crippen molar-refractivity contribution in [1.29, 1.82) is 5.26 Å². The number of rotatable bonds is 6. The van der Waals surface area contributed by atoms with E-state index < -0.39 is 5.97 Å². The third-order valence-corrected chi connectivity index (χ3v) is 3.90. The molecule has 0 aliphatic rings. The molecule has 0 aliphatic carbocycles. The quantitative estimate of drug-likeness (QED) is 0.501. The Morgan fingerprint density at radius 2 is 2.04 bits per heavy atom. The summed E-state index contributed by atoms with van der Waals surface area (Å²) in [4.78, 5) is 12.1. The van der Waals surface area contributed by atoms with Gasteiger partial charge in [-0.25, -0.2) is 4.79 Å². The maximum Gasteiger partial charge on any atom is 0.341 e. The molecule has 6 heteroatoms. The fraction of sp³-hybridized carbons (Fsp3) is 0.200. The highest BCUT2D eigenvalue weighted by molar-refractivity contribution is 5.93. The van der Waals surface area contributed by atoms with Gasteiger partial charge in [0, 0.05) is 30.4 Å². The van der Waals surface area contributed by atoms with Gasteiger partial charge in [0.1, 0.15) is 17.4 Å². The SMILES string of the molecule is CCOC(=O)c1ccc(-n2cc(C#N)c3ccccc32)cc1OCOC. The van der Waals surface area contributed by atoms with Crippen molar-refractivity contribution >= 4 is 16.9 Å². The van der Waals surface area contributed by atoms with Gasteiger partial charge in [0.25, 0.3) is 0 Å². The van der Waals surface area contributed by atoms with E-state index in [1.807, 2.05) is 28.8 Å². The number of nitrogens with zero attached hydrogens (tertiary/aromatic N) is 2. The molecule has 2 aromatic carbocycles. The van der Waals surface area contributed by atoms with E-state index in [1.54, 1.807) is 31.3 Å². The van der Waals surface area contributed by atoms with Crippen LogP contribution < -0.4 is 4.74 Å². The summed E-state index contributed by atoms with van der Waals surface area (Å²) in [6, 6.07) is 15.0. The lowest BCUT2D eigenvalue weighted by Crippen LogP contribution is -2.10. The molecule has 0 aliphatic heterocycles. The minimum atomic E-state index is -0.458. The van der Waals surface area contributed by atoms with Crippen LogP contribution in [-0.4, -0.2) is 31.0 Å². The molecule has 3 aromatic rings. The van der Waals surface area contributed by atoms with E-state index in [2.05, 4.69) is 6.07 Å². The van der Waals surface area contributed by atoms with Gasteiger partial charge < -0.3 is 18.8 Å². The van der Waals surface area contributed by atoms with E-state index in [-0.39, 0.29) is 13.4 Å². The zero-order chi connectivity index (χ0) is 18.5. The van der Waals surface area contributed by atoms with Gasteiger partial charge >= 0.3 is 5.97 Å². The minimum Gasteiger partial charge on any atom is -0.467 e. The number of benzene rings is 2. The second-order valence-electron chi connectivity index (χ2n) is 5.49. The zero-order valence-corrected chi connectivity index (χ0v) is 14.6. The lowest BCUT2D eigenvalue weighted by molar-refractivity contribution is 0.0438. The number of nitriles is 1. The van der Waals surface area contributed by atoms with Crippen molar-refractivity contribution < 1.29 is 19.0 Å². The summed E-state index contributed by atoms with van der Waals surface area (Å²) < 4.78 is 17.5. The van der Waals surface area contributed by atoms with Crippen LogP contribution in [0.3, 0.4) is 0 Å². The number of methoxy groups -OCH3 is 1. The van der Waals surface area contributed by atoms with Crippen LogP contribution in [0.1, 0.15) is 22.8 Å². The maximum atomic E-state index is 12.1. The molecular weight excluding hydrogens is 332 g/mol. The Morgan fingerprint density at radius 3 is 2.77 bits per heavy atom. The summed E-state index contributed by atoms with van der Waals surface area (Å²) in [6.45, 7) is 2.03. The van der Waals surface area contributed by atoms with E-state index in [4.69, 9.17) is 14.2 Å². The Hall–Kier alpha value is -3.30. The molecule has 26 heavy (non-hydrogen) atoms. The molecule has 0 fully saturated rings. The predicted octanol–water partition coefficient (Wildman–Crippen LogP) is 3.66. The highest BCUT2D eigenvalue weighted by atomic mass is 16.7. The van der Waals surface area contributed by atoms with Crippen LogP contribution in [0.15, 0.2) is 48.7 Å². The zero-order valence-electron chi connectivity index (χ0n) is 14.6. The number of esters is 1. The van der Waals surface area contributed by atoms with Gasteiger partial charge in [0.15, 0.2) is 6.79 Å². The van der Waals surface area contributed by atoms with Gasteiger partial charge in [0.05, 0.1) is 17.7 Å². The van der Waals surface area contributed by atoms with E-state index >= 15 is 0 Å². The van der Waals surface area contributed by atoms with Crippen LogP contribution in [0.2, 0.25) is 0 Å². The summed E-state index contributed by atoms with van der Waals surface area (Å²) in [5, 5.41) is 10.2. The van der Waals surface area contributed by atoms with Crippen LogP contribution in [-0.2, 0) is 9.47 Å². The molecule has 0 bridgehead atoms. The molecule has 1 aromatic heterocycles. The molecule has 0 saturated heterocycles. The molecule has 132 valence electrons. The summed E-state index contributed by atoms with van der Waals surface area (Å²) in [7, 11) is 1.51. The topological polar surface area (TPSA) is 73.5 Å². The number of carbonyl (C=O) groups is 1. The average molecular weight is 350 g/mol. The molecule has 0 unspecified atom stereocenters. The molecule has 0 spiro atoms. The maximum absolute atomic E-state index is 12.1. The fourth-order valence-electron chi connectivity index (χ4n) is 2.76. The number of fused-ring (bicyclic) bond motifs is 1. The summed E-state index contributed by atoms with van der Waals surface area (Å²) in [5.41, 5.74) is 2.56. The van der Waals surface area contributed by atoms with E-state index in [0.29, 0.717) is 16.9 Å². The van der Waals surface area contributed by atoms with Crippen LogP contribution in [0.4, 0.5) is 0 Å². The molecule has 0 atom stereocenters. The molecule has 6 nitrogen and oxygen atoms in total. The standard InChI is InChI=1S/C20H18N2O4/c1-3-25-20(23)17-9-8-15(10-19(17)26-13-24-2)22-12-14(11-21)16-6-4-5-7-18(16)22/h4-10,12H,3,13H2,1-2H3. The second kappa shape index (κ2) is 7.72. The largest absolute Gasteiger partial charge is 0.467 e. The Bertz CT molecular complexity index is 985. The molecule has 0 saturated carbocycles. The van der Waals surface area contributed by atoms with Crippen molar-refractivity contribution in [3.8, 4) is 17.5 Å². The van der Waals surface area contributed by atoms with Crippen LogP contribution in [0, 0.1) is 11.3 Å². The number of hydrogen-bond donors (Lipinski definition) is 0. The van der Waals surface area contributed by atoms with E-state index in [1.165, 1.54) is 7.11 Å². The molecular formula is C20H18N2O4. The first-order valence-corrected chi connectivity index (χ1v) is 8.13. The fourth-order valence-corrected chi connectivity index (χ4v) is 2.76. The van der Waals surface area contributed by atoms with Gasteiger partial charge in [-0.1, -0.05) is 18.2 Å². The number of carbonyl (C=O) groups excluding carboxylic acids is 1. The third-order valence-electron chi connectivity index (χ3n) is 3.90. The first-order valence-electron chi connectivity index (χ1n) is 8.13. The van der Waals surface area contributed by atoms with Crippen molar-refractivity contribution in [3.63, 3.8) is 0 Å². The minimum absolute atomic E-state index is 0.00568. The highest BCUT2D eigenvalue weighted by Crippen LogP contribution is 2.28. The average Bonchev–Trinajstić information content (AvgIpc) is 3.05. The van der Waals surface area contributed by atoms with Gasteiger partial charge in [-0.15, -0.1) is 0 Å². The van der Waals surface area contributed by atoms with Crippen molar-refractivity contribution in [1.82, 2.24) is 4.57 Å². The number of para-hydroxylation sites is 1. The van der Waals surface area contributed by atoms with E-state index in [9.17, 15) is 10.1 Å². The molecule has 0 N–H and O–H groups in total. The Morgan fingerprint density at radius 1 is 1.23 bits per heavy atom. The molecule has 0 amide bonds. The molecule has 3 rings (SSSR count). The molecule has 1 heterocycles. The van der Waals surface area contributed by atoms with Crippen molar-refractivity contribution in [2.24, 2.45) is 0 Å². The van der Waals surface area contributed by atoms with Crippen molar-refractivity contribution in [2.75, 3.05) is 20.5 Å². The normalized spacial score (nSPS) is 10.5. The van der Waals surface area contributed by atoms with Crippen LogP contribution in [0.5, 0.6) is 5.75 Å². The molecule has 0 radical (unpaired) electrons. The third kappa shape index (κ3) is 3.25. The predicted molar refractivity (Wildman–Crippen MR) is 96.5 cm³/mol. The summed E-state index contributed by atoms with van der Waals surface area (Å²) >= 11 is 0. The Balaban J connectivity index is 2.12. The first-order chi connectivity index (χ1) is 12.7. The number of aromatic nitrogens is 1. The van der Waals surface area contributed by atoms with Gasteiger partial charge in [0.2, 0.25) is 0 Å². The van der Waals surface area contributed by atoms with Crippen LogP contribution >= 0.6 is 0 Å². The number of ether oxygens (including phenoxy) is 3. The summed E-state index contributed by atoms with van der Waals surface area (Å²) in [6.07, 6.45) is 1.77. The van der Waals surface area contributed by atoms with Crippen molar-refractivity contribution in [2.45, 2.75) is 6.92 Å². The van der Waals surface area contributed by atoms with Gasteiger partial charge in [-0.3, -0.25) is 0 Å². The Kier molecular flexibility index (Phi) is 5.20. The highest BCUT2D eigenvalue weighted by Gasteiger charge is 2.16. The van der Waals surface area contributed by atoms with Gasteiger partial charge in [-0.05, 0) is 25.1 Å².